The molecule has 0 aliphatic heterocycles. The van der Waals surface area contributed by atoms with Gasteiger partial charge >= 0.3 is 0 Å². The second kappa shape index (κ2) is 42.5. The van der Waals surface area contributed by atoms with Crippen LogP contribution in [0.3, 0.4) is 0 Å². The van der Waals surface area contributed by atoms with Crippen molar-refractivity contribution < 1.29 is 77.0 Å². The summed E-state index contributed by atoms with van der Waals surface area (Å²) in [5.74, 6) is -11.6. The summed E-state index contributed by atoms with van der Waals surface area (Å²) in [4.78, 5) is 197. The molecule has 0 saturated carbocycles. The molecule has 0 radical (unpaired) electrons. The number of amides is 15. The van der Waals surface area contributed by atoms with Crippen molar-refractivity contribution in [1.29, 1.82) is 0 Å². The fraction of sp³-hybridized carbons (Fsp3) is 0.769. The third kappa shape index (κ3) is 35.1. The Bertz CT molecular complexity index is 2660. The maximum Gasteiger partial charge on any atom is 0.245 e. The number of carbonyl (C=O) groups is 15. The molecule has 0 bridgehead atoms. The molecule has 0 aromatic carbocycles. The third-order valence-electron chi connectivity index (χ3n) is 15.2. The van der Waals surface area contributed by atoms with Gasteiger partial charge in [-0.1, -0.05) is 108 Å². The van der Waals surface area contributed by atoms with Gasteiger partial charge in [-0.05, 0) is 111 Å². The number of hydrogen-bond donors (Lipinski definition) is 16. The van der Waals surface area contributed by atoms with Crippen molar-refractivity contribution in [3.05, 3.63) is 0 Å². The molecule has 6 atom stereocenters. The standard InChI is InChI=1S/C65H117N15O16/c1-20-22-23-24-25-26-45(82)77-62(12,13)58(93)70-34-49(86)74-44(29-39(7)8)55(90)78-63(14,15)59(94)68-31-47(84)67-33-50(87)75-52(40(9)10)57(92)80-65(18,19)61(96)69-30-46(83)66-32-48(85)73-43(28-38(5)6)54(89)79-64(16,17)60(95)71-35-51(88)76-53(41(11)21-2)56(91)72-42(36-81)27-37(3)4/h37-44,52-53,81H,20-36H2,1-19H3,(H,66,83)(H,67,84)(H,68,94)(H,69,96)(H,70,93)(H,71,95)(H,72,91)(H,73,85)(H,74,86)(H,75,87)(H,76,88)(H,77,82)(H,78,90)(H,79,89)(H,80,92)/t41-,42-,43-,44-,52-,53-/m0/s1. The van der Waals surface area contributed by atoms with Gasteiger partial charge in [0.1, 0.15) is 46.3 Å². The molecule has 0 heterocycles. The zero-order valence-corrected chi connectivity index (χ0v) is 60.4. The van der Waals surface area contributed by atoms with Crippen LogP contribution in [-0.4, -0.2) is 192 Å². The maximum atomic E-state index is 13.6. The lowest BCUT2D eigenvalue weighted by molar-refractivity contribution is -0.136. The van der Waals surface area contributed by atoms with Gasteiger partial charge in [0.25, 0.3) is 0 Å². The van der Waals surface area contributed by atoms with E-state index >= 15 is 0 Å². The Labute approximate surface area is 567 Å². The van der Waals surface area contributed by atoms with Gasteiger partial charge in [-0.3, -0.25) is 71.9 Å². The molecule has 0 saturated heterocycles. The van der Waals surface area contributed by atoms with Crippen LogP contribution in [0.15, 0.2) is 0 Å². The minimum Gasteiger partial charge on any atom is -0.394 e. The first-order chi connectivity index (χ1) is 44.3. The number of nitrogens with one attached hydrogen (secondary N) is 15. The lowest BCUT2D eigenvalue weighted by Gasteiger charge is -2.29. The molecular formula is C65H117N15O16. The van der Waals surface area contributed by atoms with Crippen molar-refractivity contribution in [2.75, 3.05) is 45.9 Å². The monoisotopic (exact) mass is 1360 g/mol. The van der Waals surface area contributed by atoms with E-state index in [-0.39, 0.29) is 55.4 Å². The van der Waals surface area contributed by atoms with Crippen LogP contribution in [0.2, 0.25) is 0 Å². The molecular weight excluding hydrogens is 1250 g/mol. The molecule has 0 aliphatic rings. The lowest BCUT2D eigenvalue weighted by Crippen LogP contribution is -2.61. The topological polar surface area (TPSA) is 457 Å². The normalized spacial score (nSPS) is 13.6. The highest BCUT2D eigenvalue weighted by Gasteiger charge is 2.38. The summed E-state index contributed by atoms with van der Waals surface area (Å²) < 4.78 is 0. The van der Waals surface area contributed by atoms with Gasteiger partial charge in [-0.2, -0.15) is 0 Å². The Morgan fingerprint density at radius 1 is 0.344 bits per heavy atom. The van der Waals surface area contributed by atoms with Gasteiger partial charge in [0.2, 0.25) is 88.6 Å². The molecule has 0 aromatic rings. The molecule has 0 unspecified atom stereocenters. The van der Waals surface area contributed by atoms with Gasteiger partial charge in [-0.15, -0.1) is 0 Å². The van der Waals surface area contributed by atoms with Crippen LogP contribution < -0.4 is 79.8 Å². The first kappa shape index (κ1) is 88.0. The second-order valence-electron chi connectivity index (χ2n) is 28.2. The average molecular weight is 1360 g/mol. The molecule has 16 N–H and O–H groups in total. The summed E-state index contributed by atoms with van der Waals surface area (Å²) in [6.07, 6.45) is 6.31. The van der Waals surface area contributed by atoms with Crippen LogP contribution in [0, 0.1) is 29.6 Å². The number of unbranched alkanes of at least 4 members (excludes halogenated alkanes) is 4. The van der Waals surface area contributed by atoms with E-state index < -0.39 is 180 Å². The molecule has 0 fully saturated rings. The van der Waals surface area contributed by atoms with Crippen molar-refractivity contribution >= 4 is 88.6 Å². The highest BCUT2D eigenvalue weighted by atomic mass is 16.3. The van der Waals surface area contributed by atoms with E-state index in [9.17, 15) is 77.0 Å². The van der Waals surface area contributed by atoms with Crippen molar-refractivity contribution in [2.24, 2.45) is 29.6 Å². The predicted molar refractivity (Wildman–Crippen MR) is 360 cm³/mol. The maximum absolute atomic E-state index is 13.6. The van der Waals surface area contributed by atoms with Crippen molar-refractivity contribution in [3.63, 3.8) is 0 Å². The van der Waals surface area contributed by atoms with Crippen LogP contribution in [0.4, 0.5) is 0 Å². The van der Waals surface area contributed by atoms with E-state index in [0.29, 0.717) is 19.3 Å². The van der Waals surface area contributed by atoms with E-state index in [1.54, 1.807) is 34.6 Å². The fourth-order valence-corrected chi connectivity index (χ4v) is 9.33. The Morgan fingerprint density at radius 3 is 1.03 bits per heavy atom. The molecule has 548 valence electrons. The largest absolute Gasteiger partial charge is 0.394 e. The lowest BCUT2D eigenvalue weighted by atomic mass is 9.97. The summed E-state index contributed by atoms with van der Waals surface area (Å²) in [5.41, 5.74) is -6.25. The minimum atomic E-state index is -1.68. The molecule has 0 spiro atoms. The Hall–Kier alpha value is -7.99. The van der Waals surface area contributed by atoms with Crippen LogP contribution in [0.1, 0.15) is 196 Å². The zero-order chi connectivity index (χ0) is 74.1. The van der Waals surface area contributed by atoms with E-state index in [2.05, 4.69) is 86.7 Å². The fourth-order valence-electron chi connectivity index (χ4n) is 9.33. The number of carbonyl (C=O) groups excluding carboxylic acids is 15. The average Bonchev–Trinajstić information content (AvgIpc) is 0.912. The molecule has 96 heavy (non-hydrogen) atoms. The van der Waals surface area contributed by atoms with Crippen molar-refractivity contribution in [2.45, 2.75) is 248 Å². The first-order valence-electron chi connectivity index (χ1n) is 33.4. The molecule has 0 rings (SSSR count). The Kier molecular flexibility index (Phi) is 39.0. The minimum absolute atomic E-state index is 0.105. The number of rotatable bonds is 45. The number of aliphatic hydroxyl groups is 1. The smallest absolute Gasteiger partial charge is 0.245 e. The Balaban J connectivity index is 5.36. The zero-order valence-electron chi connectivity index (χ0n) is 60.4. The van der Waals surface area contributed by atoms with Crippen molar-refractivity contribution in [1.82, 2.24) is 79.8 Å². The van der Waals surface area contributed by atoms with Gasteiger partial charge < -0.3 is 84.9 Å². The summed E-state index contributed by atoms with van der Waals surface area (Å²) in [5, 5.41) is 47.6. The van der Waals surface area contributed by atoms with Gasteiger partial charge in [0.05, 0.1) is 51.9 Å². The summed E-state index contributed by atoms with van der Waals surface area (Å²) in [6, 6.07) is -5.03. The van der Waals surface area contributed by atoms with Gasteiger partial charge in [-0.25, -0.2) is 0 Å². The number of aliphatic hydroxyl groups excluding tert-OH is 1. The number of hydrogen-bond acceptors (Lipinski definition) is 16. The van der Waals surface area contributed by atoms with Crippen LogP contribution in [0.5, 0.6) is 0 Å². The van der Waals surface area contributed by atoms with E-state index in [4.69, 9.17) is 0 Å². The predicted octanol–water partition coefficient (Wildman–Crippen LogP) is -1.12. The highest BCUT2D eigenvalue weighted by molar-refractivity contribution is 6.00. The van der Waals surface area contributed by atoms with Crippen molar-refractivity contribution in [3.8, 4) is 0 Å². The SMILES string of the molecule is CCCCCCCC(=O)NC(C)(C)C(=O)NCC(=O)N[C@@H](CC(C)C)C(=O)NC(C)(C)C(=O)NCC(=O)NCC(=O)N[C@H](C(=O)NC(C)(C)C(=O)NCC(=O)NCC(=O)N[C@@H](CC(C)C)C(=O)NC(C)(C)C(=O)NCC(=O)N[C@H](C(=O)N[C@H](CO)CC(C)C)[C@@H](C)CC)C(C)C. The molecule has 0 aliphatic carbocycles. The third-order valence-corrected chi connectivity index (χ3v) is 15.2. The van der Waals surface area contributed by atoms with E-state index in [0.717, 1.165) is 25.7 Å². The van der Waals surface area contributed by atoms with Crippen LogP contribution >= 0.6 is 0 Å². The Morgan fingerprint density at radius 2 is 0.677 bits per heavy atom. The van der Waals surface area contributed by atoms with Gasteiger partial charge in [0.15, 0.2) is 0 Å². The second-order valence-corrected chi connectivity index (χ2v) is 28.2. The quantitative estimate of drug-likeness (QED) is 0.0321. The summed E-state index contributed by atoms with van der Waals surface area (Å²) >= 11 is 0. The molecule has 15 amide bonds. The van der Waals surface area contributed by atoms with E-state index in [1.807, 2.05) is 34.6 Å². The van der Waals surface area contributed by atoms with Crippen LogP contribution in [-0.2, 0) is 71.9 Å². The molecule has 31 heteroatoms. The molecule has 31 nitrogen and oxygen atoms in total. The van der Waals surface area contributed by atoms with E-state index in [1.165, 1.54) is 55.4 Å². The molecule has 0 aromatic heterocycles. The summed E-state index contributed by atoms with van der Waals surface area (Å²) in [7, 11) is 0. The first-order valence-corrected chi connectivity index (χ1v) is 33.4. The van der Waals surface area contributed by atoms with Gasteiger partial charge in [0, 0.05) is 6.42 Å². The highest BCUT2D eigenvalue weighted by Crippen LogP contribution is 2.15. The summed E-state index contributed by atoms with van der Waals surface area (Å²) in [6.45, 7) is 27.3. The van der Waals surface area contributed by atoms with Crippen LogP contribution in [0.25, 0.3) is 0 Å².